The van der Waals surface area contributed by atoms with Gasteiger partial charge in [0.05, 0.1) is 11.8 Å². The second-order valence-electron chi connectivity index (χ2n) is 4.28. The molecule has 2 N–H and O–H groups in total. The number of nitrogens with zero attached hydrogens (tertiary/aromatic N) is 1. The van der Waals surface area contributed by atoms with Crippen molar-refractivity contribution in [2.24, 2.45) is 5.92 Å². The van der Waals surface area contributed by atoms with Crippen molar-refractivity contribution < 1.29 is 8.42 Å². The minimum atomic E-state index is -3.17. The summed E-state index contributed by atoms with van der Waals surface area (Å²) in [4.78, 5) is 7.03. The molecule has 90 valence electrons. The predicted octanol–water partition coefficient (Wildman–Crippen LogP) is 1.19. The topological polar surface area (TPSA) is 74.8 Å². The Hall–Kier alpha value is -0.880. The quantitative estimate of drug-likeness (QED) is 0.788. The molecule has 1 aliphatic carbocycles. The monoisotopic (exact) mass is 243 g/mol. The average Bonchev–Trinajstić information content (AvgIpc) is 2.85. The van der Waals surface area contributed by atoms with E-state index in [-0.39, 0.29) is 11.8 Å². The van der Waals surface area contributed by atoms with Crippen LogP contribution < -0.4 is 4.72 Å². The lowest BCUT2D eigenvalue weighted by Gasteiger charge is -2.14. The van der Waals surface area contributed by atoms with E-state index in [0.717, 1.165) is 12.8 Å². The molecule has 1 heterocycles. The van der Waals surface area contributed by atoms with Gasteiger partial charge in [0.15, 0.2) is 0 Å². The summed E-state index contributed by atoms with van der Waals surface area (Å²) in [7, 11) is -3.17. The zero-order valence-corrected chi connectivity index (χ0v) is 10.1. The summed E-state index contributed by atoms with van der Waals surface area (Å²) in [6.45, 7) is 1.94. The van der Waals surface area contributed by atoms with Crippen molar-refractivity contribution in [3.05, 3.63) is 18.2 Å². The van der Waals surface area contributed by atoms with Crippen LogP contribution in [0, 0.1) is 5.92 Å². The lowest BCUT2D eigenvalue weighted by atomic mass is 10.2. The van der Waals surface area contributed by atoms with Gasteiger partial charge in [-0.2, -0.15) is 0 Å². The highest BCUT2D eigenvalue weighted by molar-refractivity contribution is 7.89. The molecule has 1 aliphatic rings. The summed E-state index contributed by atoms with van der Waals surface area (Å²) in [5.74, 6) is 1.30. The maximum atomic E-state index is 11.8. The first-order chi connectivity index (χ1) is 7.61. The van der Waals surface area contributed by atoms with E-state index in [1.807, 2.05) is 6.92 Å². The number of H-pyrrole nitrogens is 1. The van der Waals surface area contributed by atoms with Gasteiger partial charge < -0.3 is 4.98 Å². The number of sulfonamides is 1. The van der Waals surface area contributed by atoms with Crippen LogP contribution in [-0.2, 0) is 10.0 Å². The molecule has 0 aromatic carbocycles. The van der Waals surface area contributed by atoms with E-state index < -0.39 is 10.0 Å². The molecule has 0 bridgehead atoms. The van der Waals surface area contributed by atoms with Crippen LogP contribution in [0.4, 0.5) is 0 Å². The summed E-state index contributed by atoms with van der Waals surface area (Å²) in [5, 5.41) is 0. The van der Waals surface area contributed by atoms with Crippen LogP contribution in [0.3, 0.4) is 0 Å². The first-order valence-corrected chi connectivity index (χ1v) is 7.25. The van der Waals surface area contributed by atoms with E-state index >= 15 is 0 Å². The number of imidazole rings is 1. The van der Waals surface area contributed by atoms with Crippen molar-refractivity contribution in [3.8, 4) is 0 Å². The number of hydrogen-bond donors (Lipinski definition) is 2. The zero-order valence-electron chi connectivity index (χ0n) is 9.31. The Morgan fingerprint density at radius 1 is 1.62 bits per heavy atom. The number of nitrogens with one attached hydrogen (secondary N) is 2. The molecule has 0 radical (unpaired) electrons. The standard InChI is InChI=1S/C10H17N3O2S/c1-2-9(10-11-5-6-12-10)13-16(14,15)7-8-3-4-8/h5-6,8-9,13H,2-4,7H2,1H3,(H,11,12). The molecule has 6 heteroatoms. The molecule has 0 aliphatic heterocycles. The van der Waals surface area contributed by atoms with Gasteiger partial charge in [-0.25, -0.2) is 18.1 Å². The first kappa shape index (κ1) is 11.6. The third-order valence-electron chi connectivity index (χ3n) is 2.73. The Morgan fingerprint density at radius 2 is 2.38 bits per heavy atom. The van der Waals surface area contributed by atoms with Crippen LogP contribution in [0.2, 0.25) is 0 Å². The van der Waals surface area contributed by atoms with Gasteiger partial charge in [-0.15, -0.1) is 0 Å². The fourth-order valence-electron chi connectivity index (χ4n) is 1.66. The largest absolute Gasteiger partial charge is 0.347 e. The molecule has 1 unspecified atom stereocenters. The van der Waals surface area contributed by atoms with Gasteiger partial charge in [0.2, 0.25) is 10.0 Å². The van der Waals surface area contributed by atoms with E-state index in [1.165, 1.54) is 0 Å². The fourth-order valence-corrected chi connectivity index (χ4v) is 3.42. The number of aromatic amines is 1. The highest BCUT2D eigenvalue weighted by Gasteiger charge is 2.29. The predicted molar refractivity (Wildman–Crippen MR) is 61.3 cm³/mol. The van der Waals surface area contributed by atoms with Gasteiger partial charge in [-0.1, -0.05) is 6.92 Å². The maximum absolute atomic E-state index is 11.8. The summed E-state index contributed by atoms with van der Waals surface area (Å²) < 4.78 is 26.3. The molecule has 1 atom stereocenters. The normalized spacial score (nSPS) is 18.6. The van der Waals surface area contributed by atoms with Gasteiger partial charge in [-0.3, -0.25) is 0 Å². The maximum Gasteiger partial charge on any atom is 0.212 e. The number of rotatable bonds is 6. The summed E-state index contributed by atoms with van der Waals surface area (Å²) in [6.07, 6.45) is 6.11. The Kier molecular flexibility index (Phi) is 3.30. The molecule has 0 saturated heterocycles. The van der Waals surface area contributed by atoms with Crippen molar-refractivity contribution in [1.29, 1.82) is 0 Å². The zero-order chi connectivity index (χ0) is 11.6. The third kappa shape index (κ3) is 3.05. The molecule has 0 amide bonds. The van der Waals surface area contributed by atoms with E-state index in [0.29, 0.717) is 18.2 Å². The van der Waals surface area contributed by atoms with Gasteiger partial charge in [0.1, 0.15) is 5.82 Å². The Bertz CT molecular complexity index is 423. The molecule has 1 aromatic heterocycles. The van der Waals surface area contributed by atoms with Crippen LogP contribution in [0.25, 0.3) is 0 Å². The molecular formula is C10H17N3O2S. The molecular weight excluding hydrogens is 226 g/mol. The van der Waals surface area contributed by atoms with Crippen LogP contribution >= 0.6 is 0 Å². The fraction of sp³-hybridized carbons (Fsp3) is 0.700. The molecule has 5 nitrogen and oxygen atoms in total. The Labute approximate surface area is 95.7 Å². The van der Waals surface area contributed by atoms with E-state index in [9.17, 15) is 8.42 Å². The lowest BCUT2D eigenvalue weighted by Crippen LogP contribution is -2.31. The number of hydrogen-bond acceptors (Lipinski definition) is 3. The van der Waals surface area contributed by atoms with E-state index in [2.05, 4.69) is 14.7 Å². The van der Waals surface area contributed by atoms with Crippen LogP contribution in [-0.4, -0.2) is 24.1 Å². The Balaban J connectivity index is 2.00. The SMILES string of the molecule is CCC(NS(=O)(=O)CC1CC1)c1ncc[nH]1. The third-order valence-corrected chi connectivity index (χ3v) is 4.29. The van der Waals surface area contributed by atoms with Gasteiger partial charge in [0.25, 0.3) is 0 Å². The van der Waals surface area contributed by atoms with Crippen molar-refractivity contribution in [2.75, 3.05) is 5.75 Å². The van der Waals surface area contributed by atoms with Gasteiger partial charge >= 0.3 is 0 Å². The second kappa shape index (κ2) is 4.55. The highest BCUT2D eigenvalue weighted by atomic mass is 32.2. The molecule has 1 aromatic rings. The Morgan fingerprint density at radius 3 is 2.88 bits per heavy atom. The summed E-state index contributed by atoms with van der Waals surface area (Å²) >= 11 is 0. The second-order valence-corrected chi connectivity index (χ2v) is 6.08. The number of aromatic nitrogens is 2. The van der Waals surface area contributed by atoms with E-state index in [1.54, 1.807) is 12.4 Å². The van der Waals surface area contributed by atoms with Gasteiger partial charge in [0, 0.05) is 12.4 Å². The van der Waals surface area contributed by atoms with Crippen molar-refractivity contribution in [2.45, 2.75) is 32.2 Å². The lowest BCUT2D eigenvalue weighted by molar-refractivity contribution is 0.536. The average molecular weight is 243 g/mol. The molecule has 1 saturated carbocycles. The van der Waals surface area contributed by atoms with Crippen LogP contribution in [0.15, 0.2) is 12.4 Å². The minimum Gasteiger partial charge on any atom is -0.347 e. The molecule has 0 spiro atoms. The van der Waals surface area contributed by atoms with Crippen molar-refractivity contribution >= 4 is 10.0 Å². The summed E-state index contributed by atoms with van der Waals surface area (Å²) in [5.41, 5.74) is 0. The smallest absolute Gasteiger partial charge is 0.212 e. The van der Waals surface area contributed by atoms with Gasteiger partial charge in [-0.05, 0) is 25.2 Å². The van der Waals surface area contributed by atoms with Crippen LogP contribution in [0.5, 0.6) is 0 Å². The van der Waals surface area contributed by atoms with Crippen LogP contribution in [0.1, 0.15) is 38.1 Å². The summed E-state index contributed by atoms with van der Waals surface area (Å²) in [6, 6.07) is -0.237. The molecule has 1 fully saturated rings. The van der Waals surface area contributed by atoms with Crippen molar-refractivity contribution in [1.82, 2.24) is 14.7 Å². The first-order valence-electron chi connectivity index (χ1n) is 5.60. The highest BCUT2D eigenvalue weighted by Crippen LogP contribution is 2.30. The van der Waals surface area contributed by atoms with E-state index in [4.69, 9.17) is 0 Å². The minimum absolute atomic E-state index is 0.237. The van der Waals surface area contributed by atoms with Crippen molar-refractivity contribution in [3.63, 3.8) is 0 Å². The molecule has 16 heavy (non-hydrogen) atoms. The molecule has 2 rings (SSSR count).